The molecule has 23 heavy (non-hydrogen) atoms. The zero-order chi connectivity index (χ0) is 16.3. The first kappa shape index (κ1) is 17.6. The molecule has 0 spiro atoms. The van der Waals surface area contributed by atoms with Crippen molar-refractivity contribution in [2.24, 2.45) is 0 Å². The maximum absolute atomic E-state index is 5.77. The van der Waals surface area contributed by atoms with Crippen LogP contribution >= 0.6 is 0 Å². The highest BCUT2D eigenvalue weighted by atomic mass is 16.5. The molecule has 1 saturated carbocycles. The minimum absolute atomic E-state index is 0.803. The lowest BCUT2D eigenvalue weighted by Crippen LogP contribution is -2.06. The summed E-state index contributed by atoms with van der Waals surface area (Å²) in [5, 5.41) is 3.14. The van der Waals surface area contributed by atoms with Gasteiger partial charge in [-0.3, -0.25) is 0 Å². The van der Waals surface area contributed by atoms with Crippen molar-refractivity contribution in [3.8, 4) is 5.75 Å². The molecule has 2 nitrogen and oxygen atoms in total. The summed E-state index contributed by atoms with van der Waals surface area (Å²) in [6.07, 6.45) is 6.21. The third kappa shape index (κ3) is 7.34. The van der Waals surface area contributed by atoms with E-state index >= 15 is 0 Å². The van der Waals surface area contributed by atoms with Gasteiger partial charge in [0.05, 0.1) is 6.61 Å². The SMILES string of the molecule is CNC1CC1.Cc1ccccc1OCCCCc1ccccc1. The number of benzene rings is 2. The lowest BCUT2D eigenvalue weighted by atomic mass is 10.1. The number of nitrogens with one attached hydrogen (secondary N) is 1. The maximum atomic E-state index is 5.77. The van der Waals surface area contributed by atoms with Crippen LogP contribution < -0.4 is 10.1 Å². The monoisotopic (exact) mass is 311 g/mol. The van der Waals surface area contributed by atoms with Crippen molar-refractivity contribution < 1.29 is 4.74 Å². The van der Waals surface area contributed by atoms with Crippen LogP contribution in [0.3, 0.4) is 0 Å². The van der Waals surface area contributed by atoms with Crippen molar-refractivity contribution in [2.75, 3.05) is 13.7 Å². The quantitative estimate of drug-likeness (QED) is 0.744. The van der Waals surface area contributed by atoms with E-state index in [1.807, 2.05) is 25.2 Å². The van der Waals surface area contributed by atoms with Crippen LogP contribution in [-0.4, -0.2) is 19.7 Å². The topological polar surface area (TPSA) is 21.3 Å². The summed E-state index contributed by atoms with van der Waals surface area (Å²) in [6, 6.07) is 19.7. The number of ether oxygens (including phenoxy) is 1. The van der Waals surface area contributed by atoms with E-state index in [2.05, 4.69) is 48.6 Å². The Balaban J connectivity index is 0.000000326. The molecule has 2 aromatic rings. The Morgan fingerprint density at radius 2 is 1.65 bits per heavy atom. The molecule has 1 fully saturated rings. The molecule has 124 valence electrons. The van der Waals surface area contributed by atoms with Crippen LogP contribution in [0.4, 0.5) is 0 Å². The van der Waals surface area contributed by atoms with Crippen LogP contribution in [0.25, 0.3) is 0 Å². The molecule has 1 aliphatic carbocycles. The molecular formula is C21H29NO. The molecule has 0 aromatic heterocycles. The van der Waals surface area contributed by atoms with Crippen molar-refractivity contribution in [3.63, 3.8) is 0 Å². The number of para-hydroxylation sites is 1. The first-order chi connectivity index (χ1) is 11.3. The van der Waals surface area contributed by atoms with E-state index in [-0.39, 0.29) is 0 Å². The van der Waals surface area contributed by atoms with Gasteiger partial charge in [0, 0.05) is 6.04 Å². The summed E-state index contributed by atoms with van der Waals surface area (Å²) in [5.41, 5.74) is 2.62. The fraction of sp³-hybridized carbons (Fsp3) is 0.429. The summed E-state index contributed by atoms with van der Waals surface area (Å²) < 4.78 is 5.77. The van der Waals surface area contributed by atoms with Crippen molar-refractivity contribution in [3.05, 3.63) is 65.7 Å². The van der Waals surface area contributed by atoms with Gasteiger partial charge in [-0.2, -0.15) is 0 Å². The van der Waals surface area contributed by atoms with Crippen LogP contribution in [0.5, 0.6) is 5.75 Å². The first-order valence-corrected chi connectivity index (χ1v) is 8.69. The third-order valence-corrected chi connectivity index (χ3v) is 4.04. The first-order valence-electron chi connectivity index (χ1n) is 8.69. The highest BCUT2D eigenvalue weighted by molar-refractivity contribution is 5.31. The number of aryl methyl sites for hydroxylation is 2. The highest BCUT2D eigenvalue weighted by Gasteiger charge is 2.17. The number of rotatable bonds is 7. The van der Waals surface area contributed by atoms with Gasteiger partial charge in [-0.1, -0.05) is 48.5 Å². The lowest BCUT2D eigenvalue weighted by Gasteiger charge is -2.08. The third-order valence-electron chi connectivity index (χ3n) is 4.04. The second kappa shape index (κ2) is 10.1. The molecule has 2 heteroatoms. The van der Waals surface area contributed by atoms with Gasteiger partial charge in [0.15, 0.2) is 0 Å². The molecule has 1 aliphatic rings. The molecule has 0 bridgehead atoms. The zero-order valence-corrected chi connectivity index (χ0v) is 14.4. The van der Waals surface area contributed by atoms with Gasteiger partial charge < -0.3 is 10.1 Å². The van der Waals surface area contributed by atoms with E-state index < -0.39 is 0 Å². The van der Waals surface area contributed by atoms with E-state index in [9.17, 15) is 0 Å². The van der Waals surface area contributed by atoms with E-state index in [4.69, 9.17) is 4.74 Å². The fourth-order valence-corrected chi connectivity index (χ4v) is 2.35. The Labute approximate surface area is 140 Å². The smallest absolute Gasteiger partial charge is 0.122 e. The molecule has 0 saturated heterocycles. The van der Waals surface area contributed by atoms with Gasteiger partial charge in [0.1, 0.15) is 5.75 Å². The second-order valence-electron chi connectivity index (χ2n) is 6.12. The molecule has 2 aromatic carbocycles. The number of hydrogen-bond donors (Lipinski definition) is 1. The minimum atomic E-state index is 0.803. The van der Waals surface area contributed by atoms with E-state index in [0.717, 1.165) is 31.2 Å². The van der Waals surface area contributed by atoms with Gasteiger partial charge in [0.2, 0.25) is 0 Å². The van der Waals surface area contributed by atoms with Crippen LogP contribution in [0.1, 0.15) is 36.8 Å². The summed E-state index contributed by atoms with van der Waals surface area (Å²) in [4.78, 5) is 0. The molecule has 0 atom stereocenters. The number of unbranched alkanes of at least 4 members (excludes halogenated alkanes) is 1. The Hall–Kier alpha value is -1.80. The molecule has 0 heterocycles. The maximum Gasteiger partial charge on any atom is 0.122 e. The normalized spacial score (nSPS) is 13.1. The fourth-order valence-electron chi connectivity index (χ4n) is 2.35. The minimum Gasteiger partial charge on any atom is -0.493 e. The Bertz CT molecular complexity index is 549. The van der Waals surface area contributed by atoms with Crippen LogP contribution in [0.2, 0.25) is 0 Å². The Kier molecular flexibility index (Phi) is 7.68. The predicted octanol–water partition coefficient (Wildman–Crippen LogP) is 4.76. The van der Waals surface area contributed by atoms with Crippen LogP contribution in [0.15, 0.2) is 54.6 Å². The van der Waals surface area contributed by atoms with Gasteiger partial charge in [-0.25, -0.2) is 0 Å². The van der Waals surface area contributed by atoms with E-state index in [1.165, 1.54) is 30.4 Å². The lowest BCUT2D eigenvalue weighted by molar-refractivity contribution is 0.305. The van der Waals surface area contributed by atoms with Gasteiger partial charge in [-0.05, 0) is 63.3 Å². The highest BCUT2D eigenvalue weighted by Crippen LogP contribution is 2.17. The molecule has 3 rings (SSSR count). The Morgan fingerprint density at radius 3 is 2.26 bits per heavy atom. The molecular weight excluding hydrogens is 282 g/mol. The summed E-state index contributed by atoms with van der Waals surface area (Å²) in [6.45, 7) is 2.89. The van der Waals surface area contributed by atoms with Gasteiger partial charge in [-0.15, -0.1) is 0 Å². The molecule has 0 amide bonds. The summed E-state index contributed by atoms with van der Waals surface area (Å²) >= 11 is 0. The van der Waals surface area contributed by atoms with Crippen molar-refractivity contribution >= 4 is 0 Å². The average molecular weight is 311 g/mol. The predicted molar refractivity (Wildman–Crippen MR) is 98.1 cm³/mol. The molecule has 0 radical (unpaired) electrons. The summed E-state index contributed by atoms with van der Waals surface area (Å²) in [7, 11) is 2.01. The number of hydrogen-bond acceptors (Lipinski definition) is 2. The Morgan fingerprint density at radius 1 is 0.957 bits per heavy atom. The van der Waals surface area contributed by atoms with Gasteiger partial charge in [0.25, 0.3) is 0 Å². The van der Waals surface area contributed by atoms with Crippen molar-refractivity contribution in [1.29, 1.82) is 0 Å². The molecule has 0 unspecified atom stereocenters. The second-order valence-corrected chi connectivity index (χ2v) is 6.12. The van der Waals surface area contributed by atoms with Crippen molar-refractivity contribution in [1.82, 2.24) is 5.32 Å². The van der Waals surface area contributed by atoms with E-state index in [1.54, 1.807) is 0 Å². The van der Waals surface area contributed by atoms with Crippen LogP contribution in [-0.2, 0) is 6.42 Å². The van der Waals surface area contributed by atoms with Gasteiger partial charge >= 0.3 is 0 Å². The van der Waals surface area contributed by atoms with E-state index in [0.29, 0.717) is 0 Å². The van der Waals surface area contributed by atoms with Crippen molar-refractivity contribution in [2.45, 2.75) is 45.1 Å². The standard InChI is InChI=1S/C17H20O.C4H9N/c1-15-9-5-6-13-17(15)18-14-8-7-12-16-10-3-2-4-11-16;1-5-4-2-3-4/h2-6,9-11,13H,7-8,12,14H2,1H3;4-5H,2-3H2,1H3. The zero-order valence-electron chi connectivity index (χ0n) is 14.4. The molecule has 0 aliphatic heterocycles. The average Bonchev–Trinajstić information content (AvgIpc) is 3.42. The van der Waals surface area contributed by atoms with Crippen LogP contribution in [0, 0.1) is 6.92 Å². The summed E-state index contributed by atoms with van der Waals surface area (Å²) in [5.74, 6) is 1.01. The largest absolute Gasteiger partial charge is 0.493 e. The molecule has 1 N–H and O–H groups in total.